The van der Waals surface area contributed by atoms with E-state index in [0.29, 0.717) is 0 Å². The van der Waals surface area contributed by atoms with Gasteiger partial charge in [-0.25, -0.2) is 0 Å². The third kappa shape index (κ3) is 3.12. The summed E-state index contributed by atoms with van der Waals surface area (Å²) in [4.78, 5) is 6.12. The van der Waals surface area contributed by atoms with Crippen LogP contribution in [0.1, 0.15) is 18.5 Å². The van der Waals surface area contributed by atoms with Crippen molar-refractivity contribution in [3.8, 4) is 11.5 Å². The van der Waals surface area contributed by atoms with Gasteiger partial charge in [-0.2, -0.15) is 0 Å². The molecule has 1 atom stereocenters. The molecule has 0 aliphatic carbocycles. The summed E-state index contributed by atoms with van der Waals surface area (Å²) in [5, 5.41) is 22.4. The molecule has 0 saturated heterocycles. The van der Waals surface area contributed by atoms with Crippen LogP contribution in [0.3, 0.4) is 0 Å². The van der Waals surface area contributed by atoms with Crippen molar-refractivity contribution < 1.29 is 10.2 Å². The molecular formula is C15H19N3O2. The highest BCUT2D eigenvalue weighted by molar-refractivity contribution is 5.68. The van der Waals surface area contributed by atoms with Gasteiger partial charge in [0, 0.05) is 32.4 Å². The molecule has 106 valence electrons. The smallest absolute Gasteiger partial charge is 0.119 e. The van der Waals surface area contributed by atoms with Crippen LogP contribution in [-0.4, -0.2) is 29.3 Å². The van der Waals surface area contributed by atoms with Gasteiger partial charge < -0.3 is 20.4 Å². The highest BCUT2D eigenvalue weighted by Gasteiger charge is 2.11. The first-order valence-electron chi connectivity index (χ1n) is 6.38. The Hall–Kier alpha value is -2.43. The van der Waals surface area contributed by atoms with Gasteiger partial charge in [-0.3, -0.25) is 4.98 Å². The molecule has 0 bridgehead atoms. The lowest BCUT2D eigenvalue weighted by Gasteiger charge is -2.21. The standard InChI is InChI=1S/C15H19N3O2/c1-10(11-6-12(19)8-13(20)7-11)17-14-9-16-5-4-15(14)18(2)3/h4-10,17,19-20H,1-3H3. The predicted molar refractivity (Wildman–Crippen MR) is 80.4 cm³/mol. The molecule has 20 heavy (non-hydrogen) atoms. The summed E-state index contributed by atoms with van der Waals surface area (Å²) >= 11 is 0. The van der Waals surface area contributed by atoms with Crippen molar-refractivity contribution in [3.05, 3.63) is 42.2 Å². The summed E-state index contributed by atoms with van der Waals surface area (Å²) in [6.07, 6.45) is 3.50. The largest absolute Gasteiger partial charge is 0.508 e. The third-order valence-electron chi connectivity index (χ3n) is 3.08. The van der Waals surface area contributed by atoms with Crippen molar-refractivity contribution in [2.24, 2.45) is 0 Å². The average Bonchev–Trinajstić information content (AvgIpc) is 2.37. The molecule has 5 heteroatoms. The number of hydrogen-bond acceptors (Lipinski definition) is 5. The van der Waals surface area contributed by atoms with Crippen molar-refractivity contribution in [3.63, 3.8) is 0 Å². The number of phenolic OH excluding ortho intramolecular Hbond substituents is 2. The Bertz CT molecular complexity index is 579. The fourth-order valence-electron chi connectivity index (χ4n) is 2.07. The van der Waals surface area contributed by atoms with E-state index in [2.05, 4.69) is 10.3 Å². The fourth-order valence-corrected chi connectivity index (χ4v) is 2.07. The molecule has 5 nitrogen and oxygen atoms in total. The average molecular weight is 273 g/mol. The van der Waals surface area contributed by atoms with E-state index >= 15 is 0 Å². The van der Waals surface area contributed by atoms with Gasteiger partial charge in [0.15, 0.2) is 0 Å². The minimum absolute atomic E-state index is 0.0488. The van der Waals surface area contributed by atoms with Gasteiger partial charge in [0.2, 0.25) is 0 Å². The van der Waals surface area contributed by atoms with Crippen molar-refractivity contribution in [2.45, 2.75) is 13.0 Å². The van der Waals surface area contributed by atoms with Crippen LogP contribution in [-0.2, 0) is 0 Å². The summed E-state index contributed by atoms with van der Waals surface area (Å²) in [6.45, 7) is 1.96. The molecular weight excluding hydrogens is 254 g/mol. The van der Waals surface area contributed by atoms with Gasteiger partial charge in [-0.05, 0) is 30.7 Å². The predicted octanol–water partition coefficient (Wildman–Crippen LogP) is 2.73. The van der Waals surface area contributed by atoms with Crippen molar-refractivity contribution in [1.29, 1.82) is 0 Å². The lowest BCUT2D eigenvalue weighted by atomic mass is 10.1. The van der Waals surface area contributed by atoms with Gasteiger partial charge in [0.05, 0.1) is 17.6 Å². The minimum atomic E-state index is -0.0732. The zero-order valence-corrected chi connectivity index (χ0v) is 11.8. The molecule has 2 rings (SSSR count). The van der Waals surface area contributed by atoms with Crippen LogP contribution in [0.5, 0.6) is 11.5 Å². The molecule has 0 aliphatic heterocycles. The third-order valence-corrected chi connectivity index (χ3v) is 3.08. The van der Waals surface area contributed by atoms with Crippen LogP contribution in [0, 0.1) is 0 Å². The SMILES string of the molecule is CC(Nc1cnccc1N(C)C)c1cc(O)cc(O)c1. The number of benzene rings is 1. The molecule has 1 unspecified atom stereocenters. The number of nitrogens with zero attached hydrogens (tertiary/aromatic N) is 2. The van der Waals surface area contributed by atoms with Gasteiger partial charge in [0.1, 0.15) is 11.5 Å². The molecule has 1 aromatic carbocycles. The van der Waals surface area contributed by atoms with E-state index in [9.17, 15) is 10.2 Å². The summed E-state index contributed by atoms with van der Waals surface area (Å²) in [5.74, 6) is 0.0975. The second-order valence-electron chi connectivity index (χ2n) is 4.94. The Kier molecular flexibility index (Phi) is 3.98. The van der Waals surface area contributed by atoms with Gasteiger partial charge in [-0.1, -0.05) is 0 Å². The zero-order valence-electron chi connectivity index (χ0n) is 11.8. The molecule has 0 spiro atoms. The second-order valence-corrected chi connectivity index (χ2v) is 4.94. The molecule has 0 fully saturated rings. The Morgan fingerprint density at radius 2 is 1.80 bits per heavy atom. The number of anilines is 2. The van der Waals surface area contributed by atoms with Crippen molar-refractivity contribution >= 4 is 11.4 Å². The van der Waals surface area contributed by atoms with Gasteiger partial charge >= 0.3 is 0 Å². The molecule has 1 heterocycles. The van der Waals surface area contributed by atoms with Crippen LogP contribution in [0.4, 0.5) is 11.4 Å². The first kappa shape index (κ1) is 14.0. The topological polar surface area (TPSA) is 68.6 Å². The quantitative estimate of drug-likeness (QED) is 0.799. The number of phenols is 2. The minimum Gasteiger partial charge on any atom is -0.508 e. The fraction of sp³-hybridized carbons (Fsp3) is 0.267. The lowest BCUT2D eigenvalue weighted by molar-refractivity contribution is 0.448. The summed E-state index contributed by atoms with van der Waals surface area (Å²) in [6, 6.07) is 6.42. The van der Waals surface area contributed by atoms with Crippen molar-refractivity contribution in [1.82, 2.24) is 4.98 Å². The number of hydrogen-bond donors (Lipinski definition) is 3. The van der Waals surface area contributed by atoms with Crippen LogP contribution >= 0.6 is 0 Å². The molecule has 0 radical (unpaired) electrons. The molecule has 0 amide bonds. The summed E-state index contributed by atoms with van der Waals surface area (Å²) in [5.41, 5.74) is 2.72. The lowest BCUT2D eigenvalue weighted by Crippen LogP contribution is -2.14. The Morgan fingerprint density at radius 3 is 2.40 bits per heavy atom. The number of pyridine rings is 1. The first-order valence-corrected chi connectivity index (χ1v) is 6.38. The number of nitrogens with one attached hydrogen (secondary N) is 1. The van der Waals surface area contributed by atoms with E-state index in [4.69, 9.17) is 0 Å². The second kappa shape index (κ2) is 5.69. The van der Waals surface area contributed by atoms with E-state index in [0.717, 1.165) is 16.9 Å². The van der Waals surface area contributed by atoms with Crippen LogP contribution in [0.2, 0.25) is 0 Å². The molecule has 2 aromatic rings. The molecule has 0 saturated carbocycles. The molecule has 0 aliphatic rings. The highest BCUT2D eigenvalue weighted by atomic mass is 16.3. The van der Waals surface area contributed by atoms with Gasteiger partial charge in [0.25, 0.3) is 0 Å². The maximum Gasteiger partial charge on any atom is 0.119 e. The Labute approximate surface area is 118 Å². The monoisotopic (exact) mass is 273 g/mol. The Morgan fingerprint density at radius 1 is 1.15 bits per heavy atom. The first-order chi connectivity index (χ1) is 9.47. The maximum absolute atomic E-state index is 9.54. The van der Waals surface area contributed by atoms with Crippen LogP contribution in [0.25, 0.3) is 0 Å². The zero-order chi connectivity index (χ0) is 14.7. The maximum atomic E-state index is 9.54. The van der Waals surface area contributed by atoms with E-state index in [1.54, 1.807) is 24.5 Å². The van der Waals surface area contributed by atoms with E-state index in [1.807, 2.05) is 32.0 Å². The van der Waals surface area contributed by atoms with Gasteiger partial charge in [-0.15, -0.1) is 0 Å². The normalized spacial score (nSPS) is 11.9. The Balaban J connectivity index is 2.25. The highest BCUT2D eigenvalue weighted by Crippen LogP contribution is 2.30. The van der Waals surface area contributed by atoms with E-state index < -0.39 is 0 Å². The summed E-state index contributed by atoms with van der Waals surface area (Å²) < 4.78 is 0. The van der Waals surface area contributed by atoms with E-state index in [-0.39, 0.29) is 17.5 Å². The van der Waals surface area contributed by atoms with Crippen molar-refractivity contribution in [2.75, 3.05) is 24.3 Å². The number of aromatic hydroxyl groups is 2. The molecule has 1 aromatic heterocycles. The number of rotatable bonds is 4. The molecule has 3 N–H and O–H groups in total. The summed E-state index contributed by atoms with van der Waals surface area (Å²) in [7, 11) is 3.93. The van der Waals surface area contributed by atoms with Crippen LogP contribution in [0.15, 0.2) is 36.7 Å². The van der Waals surface area contributed by atoms with E-state index in [1.165, 1.54) is 6.07 Å². The number of aromatic nitrogens is 1. The van der Waals surface area contributed by atoms with Crippen LogP contribution < -0.4 is 10.2 Å².